The van der Waals surface area contributed by atoms with Gasteiger partial charge in [0.2, 0.25) is 0 Å². The molecule has 1 heterocycles. The van der Waals surface area contributed by atoms with Crippen LogP contribution < -0.4 is 5.32 Å². The van der Waals surface area contributed by atoms with Gasteiger partial charge in [-0.3, -0.25) is 9.59 Å². The van der Waals surface area contributed by atoms with Crippen molar-refractivity contribution < 1.29 is 19.5 Å². The zero-order chi connectivity index (χ0) is 15.6. The van der Waals surface area contributed by atoms with Gasteiger partial charge in [0.25, 0.3) is 5.91 Å². The molecule has 1 aromatic carbocycles. The fraction of sp³-hybridized carbons (Fsp3) is 0.0714. The molecule has 2 aromatic rings. The number of Topliss-reactive ketones (excluding diaryl/α,β-unsaturated/α-hetero) is 1. The van der Waals surface area contributed by atoms with E-state index in [0.29, 0.717) is 5.56 Å². The Bertz CT molecular complexity index is 736. The molecule has 7 heteroatoms. The number of H-pyrrole nitrogens is 1. The van der Waals surface area contributed by atoms with Crippen LogP contribution in [0.4, 0.5) is 5.69 Å². The largest absolute Gasteiger partial charge is 0.478 e. The number of ketones is 1. The number of aromatic carboxylic acids is 1. The summed E-state index contributed by atoms with van der Waals surface area (Å²) in [5.41, 5.74) is 0.911. The molecule has 0 atom stereocenters. The zero-order valence-electron chi connectivity index (χ0n) is 10.9. The van der Waals surface area contributed by atoms with Crippen LogP contribution in [-0.2, 0) is 0 Å². The average Bonchev–Trinajstić information content (AvgIpc) is 2.90. The van der Waals surface area contributed by atoms with E-state index in [1.54, 1.807) is 0 Å². The number of halogens is 1. The standard InChI is InChI=1S/C14H11ClN2O4/c1-7(18)9-5-12(16-6-9)13(19)17-11-3-2-8(14(20)21)4-10(11)15/h2-6,16H,1H3,(H,17,19)(H,20,21). The first-order valence-corrected chi connectivity index (χ1v) is 6.30. The lowest BCUT2D eigenvalue weighted by Gasteiger charge is -2.06. The van der Waals surface area contributed by atoms with Crippen molar-refractivity contribution in [2.75, 3.05) is 5.32 Å². The highest BCUT2D eigenvalue weighted by Crippen LogP contribution is 2.23. The third-order valence-electron chi connectivity index (χ3n) is 2.80. The maximum Gasteiger partial charge on any atom is 0.335 e. The molecule has 0 saturated heterocycles. The van der Waals surface area contributed by atoms with Gasteiger partial charge in [0, 0.05) is 11.8 Å². The van der Waals surface area contributed by atoms with Gasteiger partial charge in [-0.05, 0) is 31.2 Å². The Kier molecular flexibility index (Phi) is 4.09. The predicted molar refractivity (Wildman–Crippen MR) is 77.2 cm³/mol. The second-order valence-electron chi connectivity index (χ2n) is 4.31. The van der Waals surface area contributed by atoms with E-state index in [0.717, 1.165) is 0 Å². The van der Waals surface area contributed by atoms with Crippen LogP contribution in [0.3, 0.4) is 0 Å². The first kappa shape index (κ1) is 14.8. The lowest BCUT2D eigenvalue weighted by atomic mass is 10.2. The van der Waals surface area contributed by atoms with Gasteiger partial charge in [-0.15, -0.1) is 0 Å². The highest BCUT2D eigenvalue weighted by Gasteiger charge is 2.13. The third kappa shape index (κ3) is 3.29. The number of amides is 1. The van der Waals surface area contributed by atoms with Gasteiger partial charge in [-0.25, -0.2) is 4.79 Å². The van der Waals surface area contributed by atoms with Crippen molar-refractivity contribution in [2.24, 2.45) is 0 Å². The van der Waals surface area contributed by atoms with Crippen LogP contribution in [0, 0.1) is 0 Å². The van der Waals surface area contributed by atoms with Crippen molar-refractivity contribution in [3.63, 3.8) is 0 Å². The number of carboxylic acid groups (broad SMARTS) is 1. The number of carbonyl (C=O) groups excluding carboxylic acids is 2. The molecule has 0 fully saturated rings. The van der Waals surface area contributed by atoms with Crippen LogP contribution in [-0.4, -0.2) is 27.8 Å². The molecule has 0 unspecified atom stereocenters. The third-order valence-corrected chi connectivity index (χ3v) is 3.11. The van der Waals surface area contributed by atoms with Crippen molar-refractivity contribution in [3.8, 4) is 0 Å². The number of aromatic amines is 1. The number of carbonyl (C=O) groups is 3. The summed E-state index contributed by atoms with van der Waals surface area (Å²) in [6, 6.07) is 5.41. The van der Waals surface area contributed by atoms with E-state index < -0.39 is 11.9 Å². The number of aromatic nitrogens is 1. The molecule has 108 valence electrons. The predicted octanol–water partition coefficient (Wildman–Crippen LogP) is 2.82. The van der Waals surface area contributed by atoms with Gasteiger partial charge in [-0.1, -0.05) is 11.6 Å². The molecule has 0 bridgehead atoms. The molecule has 0 aliphatic heterocycles. The Hall–Kier alpha value is -2.60. The molecular weight excluding hydrogens is 296 g/mol. The van der Waals surface area contributed by atoms with Crippen LogP contribution in [0.25, 0.3) is 0 Å². The molecule has 3 N–H and O–H groups in total. The molecule has 0 saturated carbocycles. The molecule has 1 aromatic heterocycles. The number of anilines is 1. The molecule has 6 nitrogen and oxygen atoms in total. The highest BCUT2D eigenvalue weighted by atomic mass is 35.5. The molecular formula is C14H11ClN2O4. The Morgan fingerprint density at radius 1 is 1.19 bits per heavy atom. The number of benzene rings is 1. The lowest BCUT2D eigenvalue weighted by Crippen LogP contribution is -2.13. The van der Waals surface area contributed by atoms with Crippen LogP contribution in [0.1, 0.15) is 38.1 Å². The SMILES string of the molecule is CC(=O)c1c[nH]c(C(=O)Nc2ccc(C(=O)O)cc2Cl)c1. The van der Waals surface area contributed by atoms with E-state index in [4.69, 9.17) is 16.7 Å². The van der Waals surface area contributed by atoms with E-state index in [2.05, 4.69) is 10.3 Å². The highest BCUT2D eigenvalue weighted by molar-refractivity contribution is 6.34. The molecule has 0 spiro atoms. The summed E-state index contributed by atoms with van der Waals surface area (Å²) in [5, 5.41) is 11.5. The molecule has 0 aliphatic rings. The van der Waals surface area contributed by atoms with E-state index in [1.807, 2.05) is 0 Å². The first-order chi connectivity index (χ1) is 9.88. The first-order valence-electron chi connectivity index (χ1n) is 5.92. The number of hydrogen-bond acceptors (Lipinski definition) is 3. The molecule has 0 aliphatic carbocycles. The van der Waals surface area contributed by atoms with Gasteiger partial charge in [0.15, 0.2) is 5.78 Å². The average molecular weight is 307 g/mol. The smallest absolute Gasteiger partial charge is 0.335 e. The van der Waals surface area contributed by atoms with Crippen LogP contribution in [0.2, 0.25) is 5.02 Å². The molecule has 2 rings (SSSR count). The van der Waals surface area contributed by atoms with Gasteiger partial charge < -0.3 is 15.4 Å². The number of nitrogens with one attached hydrogen (secondary N) is 2. The minimum atomic E-state index is -1.11. The second kappa shape index (κ2) is 5.80. The van der Waals surface area contributed by atoms with E-state index in [9.17, 15) is 14.4 Å². The molecule has 21 heavy (non-hydrogen) atoms. The number of carboxylic acids is 1. The Morgan fingerprint density at radius 2 is 1.90 bits per heavy atom. The quantitative estimate of drug-likeness (QED) is 0.756. The normalized spacial score (nSPS) is 10.2. The summed E-state index contributed by atoms with van der Waals surface area (Å²) >= 11 is 5.92. The van der Waals surface area contributed by atoms with Crippen molar-refractivity contribution in [2.45, 2.75) is 6.92 Å². The Labute approximate surface area is 124 Å². The Balaban J connectivity index is 2.19. The summed E-state index contributed by atoms with van der Waals surface area (Å²) in [5.74, 6) is -1.74. The fourth-order valence-electron chi connectivity index (χ4n) is 1.67. The summed E-state index contributed by atoms with van der Waals surface area (Å²) in [7, 11) is 0. The number of rotatable bonds is 4. The van der Waals surface area contributed by atoms with Crippen molar-refractivity contribution in [1.29, 1.82) is 0 Å². The van der Waals surface area contributed by atoms with Crippen molar-refractivity contribution in [1.82, 2.24) is 4.98 Å². The van der Waals surface area contributed by atoms with E-state index in [1.165, 1.54) is 37.4 Å². The summed E-state index contributed by atoms with van der Waals surface area (Å²) < 4.78 is 0. The zero-order valence-corrected chi connectivity index (χ0v) is 11.7. The van der Waals surface area contributed by atoms with E-state index >= 15 is 0 Å². The van der Waals surface area contributed by atoms with Crippen LogP contribution >= 0.6 is 11.6 Å². The summed E-state index contributed by atoms with van der Waals surface area (Å²) in [4.78, 5) is 36.6. The van der Waals surface area contributed by atoms with E-state index in [-0.39, 0.29) is 27.8 Å². The van der Waals surface area contributed by atoms with Gasteiger partial charge in [0.1, 0.15) is 5.69 Å². The van der Waals surface area contributed by atoms with Crippen molar-refractivity contribution >= 4 is 34.9 Å². The fourth-order valence-corrected chi connectivity index (χ4v) is 1.90. The van der Waals surface area contributed by atoms with Crippen LogP contribution in [0.15, 0.2) is 30.5 Å². The minimum absolute atomic E-state index is 0.0248. The second-order valence-corrected chi connectivity index (χ2v) is 4.72. The minimum Gasteiger partial charge on any atom is -0.478 e. The maximum absolute atomic E-state index is 12.0. The van der Waals surface area contributed by atoms with Gasteiger partial charge >= 0.3 is 5.97 Å². The Morgan fingerprint density at radius 3 is 2.43 bits per heavy atom. The summed E-state index contributed by atoms with van der Waals surface area (Å²) in [6.07, 6.45) is 1.44. The van der Waals surface area contributed by atoms with Gasteiger partial charge in [-0.2, -0.15) is 0 Å². The van der Waals surface area contributed by atoms with Crippen LogP contribution in [0.5, 0.6) is 0 Å². The molecule has 1 amide bonds. The van der Waals surface area contributed by atoms with Gasteiger partial charge in [0.05, 0.1) is 16.3 Å². The molecule has 0 radical (unpaired) electrons. The summed E-state index contributed by atoms with van der Waals surface area (Å²) in [6.45, 7) is 1.40. The lowest BCUT2D eigenvalue weighted by molar-refractivity contribution is 0.0696. The van der Waals surface area contributed by atoms with Crippen molar-refractivity contribution in [3.05, 3.63) is 52.3 Å². The number of hydrogen-bond donors (Lipinski definition) is 3. The topological polar surface area (TPSA) is 99.3 Å². The maximum atomic E-state index is 12.0. The monoisotopic (exact) mass is 306 g/mol.